The quantitative estimate of drug-likeness (QED) is 0.445. The van der Waals surface area contributed by atoms with Crippen LogP contribution in [-0.4, -0.2) is 47.3 Å². The van der Waals surface area contributed by atoms with Crippen LogP contribution in [0.2, 0.25) is 0 Å². The Bertz CT molecular complexity index is 632. The predicted molar refractivity (Wildman–Crippen MR) is 89.6 cm³/mol. The summed E-state index contributed by atoms with van der Waals surface area (Å²) in [6.45, 7) is 4.99. The summed E-state index contributed by atoms with van der Waals surface area (Å²) in [5, 5.41) is 16.6. The fourth-order valence-electron chi connectivity index (χ4n) is 2.72. The Morgan fingerprint density at radius 1 is 1.38 bits per heavy atom. The minimum atomic E-state index is -0.453. The molecule has 2 amide bonds. The third-order valence-electron chi connectivity index (χ3n) is 3.99. The molecular weight excluding hydrogens is 312 g/mol. The number of anilines is 1. The summed E-state index contributed by atoms with van der Waals surface area (Å²) in [6.07, 6.45) is 0.238. The first-order valence-corrected chi connectivity index (χ1v) is 7.94. The number of hydrogen-bond acceptors (Lipinski definition) is 5. The minimum absolute atomic E-state index is 0.00205. The summed E-state index contributed by atoms with van der Waals surface area (Å²) in [6, 6.07) is 6.44. The van der Waals surface area contributed by atoms with Gasteiger partial charge in [0.2, 0.25) is 11.8 Å². The molecule has 1 aliphatic rings. The van der Waals surface area contributed by atoms with Crippen molar-refractivity contribution in [2.75, 3.05) is 25.0 Å². The van der Waals surface area contributed by atoms with E-state index in [1.54, 1.807) is 23.1 Å². The largest absolute Gasteiger partial charge is 0.378 e. The van der Waals surface area contributed by atoms with E-state index in [-0.39, 0.29) is 35.9 Å². The number of carbonyl (C=O) groups is 2. The highest BCUT2D eigenvalue weighted by molar-refractivity contribution is 5.89. The van der Waals surface area contributed by atoms with Gasteiger partial charge in [0.05, 0.1) is 10.8 Å². The van der Waals surface area contributed by atoms with Gasteiger partial charge in [0.1, 0.15) is 5.69 Å². The molecule has 0 radical (unpaired) electrons. The predicted octanol–water partition coefficient (Wildman–Crippen LogP) is 1.38. The Morgan fingerprint density at radius 3 is 2.71 bits per heavy atom. The molecule has 24 heavy (non-hydrogen) atoms. The molecule has 0 aliphatic carbocycles. The maximum absolute atomic E-state index is 12.1. The summed E-state index contributed by atoms with van der Waals surface area (Å²) >= 11 is 0. The van der Waals surface area contributed by atoms with Gasteiger partial charge in [0.15, 0.2) is 0 Å². The molecule has 1 aromatic rings. The zero-order valence-electron chi connectivity index (χ0n) is 13.8. The number of rotatable bonds is 7. The van der Waals surface area contributed by atoms with Crippen LogP contribution in [0.15, 0.2) is 24.3 Å². The zero-order chi connectivity index (χ0) is 17.7. The number of hydrogen-bond donors (Lipinski definition) is 2. The van der Waals surface area contributed by atoms with E-state index in [1.165, 1.54) is 6.07 Å². The average Bonchev–Trinajstić information content (AvgIpc) is 2.94. The number of benzene rings is 1. The summed E-state index contributed by atoms with van der Waals surface area (Å²) in [5.41, 5.74) is 0.413. The molecule has 1 heterocycles. The normalized spacial score (nSPS) is 17.2. The second kappa shape index (κ2) is 7.76. The smallest absolute Gasteiger partial charge is 0.292 e. The van der Waals surface area contributed by atoms with Gasteiger partial charge in [-0.05, 0) is 19.9 Å². The van der Waals surface area contributed by atoms with Crippen LogP contribution in [0.5, 0.6) is 0 Å². The van der Waals surface area contributed by atoms with Gasteiger partial charge in [-0.25, -0.2) is 0 Å². The van der Waals surface area contributed by atoms with Crippen molar-refractivity contribution < 1.29 is 14.5 Å². The van der Waals surface area contributed by atoms with E-state index in [0.29, 0.717) is 25.3 Å². The van der Waals surface area contributed by atoms with Gasteiger partial charge in [0.25, 0.3) is 5.69 Å². The van der Waals surface area contributed by atoms with Gasteiger partial charge in [0, 0.05) is 38.2 Å². The molecule has 0 bridgehead atoms. The first kappa shape index (κ1) is 17.7. The van der Waals surface area contributed by atoms with Crippen LogP contribution in [0.3, 0.4) is 0 Å². The van der Waals surface area contributed by atoms with E-state index >= 15 is 0 Å². The van der Waals surface area contributed by atoms with Crippen molar-refractivity contribution in [3.63, 3.8) is 0 Å². The standard InChI is InChI=1S/C16H22N4O4/c1-11(2)19-10-12(9-15(19)21)16(22)18-8-7-17-13-5-3-4-6-14(13)20(23)24/h3-6,11-12,17H,7-10H2,1-2H3,(H,18,22)/t12-/m1/s1. The number of nitrogens with zero attached hydrogens (tertiary/aromatic N) is 2. The second-order valence-corrected chi connectivity index (χ2v) is 6.03. The first-order chi connectivity index (χ1) is 11.4. The van der Waals surface area contributed by atoms with Gasteiger partial charge in [-0.1, -0.05) is 12.1 Å². The number of nitro groups is 1. The Hall–Kier alpha value is -2.64. The molecule has 2 N–H and O–H groups in total. The van der Waals surface area contributed by atoms with Gasteiger partial charge >= 0.3 is 0 Å². The molecule has 1 fully saturated rings. The molecule has 8 heteroatoms. The number of likely N-dealkylation sites (tertiary alicyclic amines) is 1. The average molecular weight is 334 g/mol. The molecule has 1 atom stereocenters. The third-order valence-corrected chi connectivity index (χ3v) is 3.99. The zero-order valence-corrected chi connectivity index (χ0v) is 13.8. The van der Waals surface area contributed by atoms with Crippen molar-refractivity contribution in [2.45, 2.75) is 26.3 Å². The molecule has 1 saturated heterocycles. The van der Waals surface area contributed by atoms with Crippen molar-refractivity contribution >= 4 is 23.2 Å². The van der Waals surface area contributed by atoms with E-state index in [1.807, 2.05) is 13.8 Å². The topological polar surface area (TPSA) is 105 Å². The Morgan fingerprint density at radius 2 is 2.08 bits per heavy atom. The fraction of sp³-hybridized carbons (Fsp3) is 0.500. The van der Waals surface area contributed by atoms with Crippen LogP contribution in [0.1, 0.15) is 20.3 Å². The molecular formula is C16H22N4O4. The molecule has 0 spiro atoms. The second-order valence-electron chi connectivity index (χ2n) is 6.03. The van der Waals surface area contributed by atoms with E-state index in [4.69, 9.17) is 0 Å². The summed E-state index contributed by atoms with van der Waals surface area (Å²) in [5.74, 6) is -0.481. The van der Waals surface area contributed by atoms with Gasteiger partial charge in [-0.3, -0.25) is 19.7 Å². The number of nitrogens with one attached hydrogen (secondary N) is 2. The third kappa shape index (κ3) is 4.21. The summed E-state index contributed by atoms with van der Waals surface area (Å²) in [4.78, 5) is 36.1. The molecule has 130 valence electrons. The molecule has 0 saturated carbocycles. The van der Waals surface area contributed by atoms with Crippen LogP contribution < -0.4 is 10.6 Å². The fourth-order valence-corrected chi connectivity index (χ4v) is 2.72. The molecule has 0 unspecified atom stereocenters. The van der Waals surface area contributed by atoms with Crippen LogP contribution in [0.4, 0.5) is 11.4 Å². The summed E-state index contributed by atoms with van der Waals surface area (Å²) in [7, 11) is 0. The van der Waals surface area contributed by atoms with Crippen LogP contribution >= 0.6 is 0 Å². The van der Waals surface area contributed by atoms with Crippen molar-refractivity contribution in [1.29, 1.82) is 0 Å². The lowest BCUT2D eigenvalue weighted by atomic mass is 10.1. The number of carbonyl (C=O) groups excluding carboxylic acids is 2. The molecule has 0 aromatic heterocycles. The highest BCUT2D eigenvalue weighted by Gasteiger charge is 2.35. The van der Waals surface area contributed by atoms with Crippen LogP contribution in [-0.2, 0) is 9.59 Å². The SMILES string of the molecule is CC(C)N1C[C@H](C(=O)NCCNc2ccccc2[N+](=O)[O-])CC1=O. The maximum atomic E-state index is 12.1. The highest BCUT2D eigenvalue weighted by Crippen LogP contribution is 2.23. The van der Waals surface area contributed by atoms with Crippen LogP contribution in [0.25, 0.3) is 0 Å². The Labute approximate surface area is 140 Å². The number of nitro benzene ring substituents is 1. The van der Waals surface area contributed by atoms with E-state index in [0.717, 1.165) is 0 Å². The van der Waals surface area contributed by atoms with Gasteiger partial charge in [-0.2, -0.15) is 0 Å². The van der Waals surface area contributed by atoms with E-state index < -0.39 is 4.92 Å². The van der Waals surface area contributed by atoms with Crippen LogP contribution in [0, 0.1) is 16.0 Å². The first-order valence-electron chi connectivity index (χ1n) is 7.94. The number of amides is 2. The summed E-state index contributed by atoms with van der Waals surface area (Å²) < 4.78 is 0. The van der Waals surface area contributed by atoms with Crippen molar-refractivity contribution in [1.82, 2.24) is 10.2 Å². The Kier molecular flexibility index (Phi) is 5.73. The van der Waals surface area contributed by atoms with Crippen molar-refractivity contribution in [3.05, 3.63) is 34.4 Å². The molecule has 2 rings (SSSR count). The maximum Gasteiger partial charge on any atom is 0.292 e. The van der Waals surface area contributed by atoms with Gasteiger partial charge in [-0.15, -0.1) is 0 Å². The number of para-hydroxylation sites is 2. The van der Waals surface area contributed by atoms with Gasteiger partial charge < -0.3 is 15.5 Å². The van der Waals surface area contributed by atoms with E-state index in [9.17, 15) is 19.7 Å². The molecule has 8 nitrogen and oxygen atoms in total. The molecule has 1 aromatic carbocycles. The Balaban J connectivity index is 1.78. The van der Waals surface area contributed by atoms with Crippen molar-refractivity contribution in [3.8, 4) is 0 Å². The monoisotopic (exact) mass is 334 g/mol. The lowest BCUT2D eigenvalue weighted by Gasteiger charge is -2.20. The minimum Gasteiger partial charge on any atom is -0.378 e. The van der Waals surface area contributed by atoms with E-state index in [2.05, 4.69) is 10.6 Å². The van der Waals surface area contributed by atoms with Crippen molar-refractivity contribution in [2.24, 2.45) is 5.92 Å². The highest BCUT2D eigenvalue weighted by atomic mass is 16.6. The lowest BCUT2D eigenvalue weighted by Crippen LogP contribution is -2.37. The lowest BCUT2D eigenvalue weighted by molar-refractivity contribution is -0.384. The molecule has 1 aliphatic heterocycles.